The Labute approximate surface area is 93.3 Å². The molecule has 0 amide bonds. The quantitative estimate of drug-likeness (QED) is 0.798. The molecule has 4 nitrogen and oxygen atoms in total. The molecule has 0 spiro atoms. The van der Waals surface area contributed by atoms with Crippen LogP contribution in [0.4, 0.5) is 0 Å². The minimum Gasteiger partial charge on any atom is -0.478 e. The van der Waals surface area contributed by atoms with Gasteiger partial charge in [0, 0.05) is 5.92 Å². The summed E-state index contributed by atoms with van der Waals surface area (Å²) in [6.07, 6.45) is 4.66. The van der Waals surface area contributed by atoms with E-state index in [-0.39, 0.29) is 17.0 Å². The number of carboxylic acids is 1. The van der Waals surface area contributed by atoms with Crippen LogP contribution in [0.15, 0.2) is 4.42 Å². The maximum absolute atomic E-state index is 11.2. The second kappa shape index (κ2) is 4.12. The maximum atomic E-state index is 11.2. The first kappa shape index (κ1) is 10.9. The van der Waals surface area contributed by atoms with E-state index in [1.807, 2.05) is 0 Å². The standard InChI is InChI=1S/C12H14O4/c1-7-9(6-13)10(12(14)15)11(16-7)8-4-2-3-5-8/h6,8H,2-5H2,1H3,(H,14,15). The highest BCUT2D eigenvalue weighted by Crippen LogP contribution is 2.38. The fourth-order valence-corrected chi connectivity index (χ4v) is 2.42. The van der Waals surface area contributed by atoms with Crippen LogP contribution in [-0.2, 0) is 0 Å². The zero-order valence-electron chi connectivity index (χ0n) is 9.16. The Kier molecular flexibility index (Phi) is 2.81. The lowest BCUT2D eigenvalue weighted by Gasteiger charge is -2.06. The van der Waals surface area contributed by atoms with Crippen LogP contribution in [0.2, 0.25) is 0 Å². The lowest BCUT2D eigenvalue weighted by atomic mass is 9.99. The molecular formula is C12H14O4. The molecule has 1 saturated carbocycles. The first-order valence-corrected chi connectivity index (χ1v) is 5.47. The highest BCUT2D eigenvalue weighted by atomic mass is 16.4. The number of aryl methyl sites for hydroxylation is 1. The van der Waals surface area contributed by atoms with E-state index in [0.717, 1.165) is 25.7 Å². The van der Waals surface area contributed by atoms with Crippen LogP contribution < -0.4 is 0 Å². The third kappa shape index (κ3) is 1.64. The molecule has 0 aliphatic heterocycles. The van der Waals surface area contributed by atoms with Gasteiger partial charge in [-0.05, 0) is 19.8 Å². The van der Waals surface area contributed by atoms with Crippen LogP contribution >= 0.6 is 0 Å². The molecule has 1 N–H and O–H groups in total. The van der Waals surface area contributed by atoms with Crippen LogP contribution in [0.5, 0.6) is 0 Å². The van der Waals surface area contributed by atoms with Crippen molar-refractivity contribution in [1.82, 2.24) is 0 Å². The number of aromatic carboxylic acids is 1. The number of carboxylic acid groups (broad SMARTS) is 1. The zero-order valence-corrected chi connectivity index (χ0v) is 9.16. The summed E-state index contributed by atoms with van der Waals surface area (Å²) in [7, 11) is 0. The third-order valence-corrected chi connectivity index (χ3v) is 3.22. The Balaban J connectivity index is 2.51. The molecule has 1 aliphatic carbocycles. The summed E-state index contributed by atoms with van der Waals surface area (Å²) in [4.78, 5) is 22.0. The monoisotopic (exact) mass is 222 g/mol. The van der Waals surface area contributed by atoms with Crippen molar-refractivity contribution in [1.29, 1.82) is 0 Å². The number of hydrogen-bond acceptors (Lipinski definition) is 3. The SMILES string of the molecule is Cc1oc(C2CCCC2)c(C(=O)O)c1C=O. The van der Waals surface area contributed by atoms with Gasteiger partial charge in [-0.1, -0.05) is 12.8 Å². The summed E-state index contributed by atoms with van der Waals surface area (Å²) >= 11 is 0. The van der Waals surface area contributed by atoms with E-state index < -0.39 is 5.97 Å². The van der Waals surface area contributed by atoms with Gasteiger partial charge >= 0.3 is 5.97 Å². The highest BCUT2D eigenvalue weighted by Gasteiger charge is 2.30. The van der Waals surface area contributed by atoms with Crippen molar-refractivity contribution < 1.29 is 19.1 Å². The Hall–Kier alpha value is -1.58. The van der Waals surface area contributed by atoms with Crippen LogP contribution in [0.25, 0.3) is 0 Å². The van der Waals surface area contributed by atoms with Crippen molar-refractivity contribution >= 4 is 12.3 Å². The average molecular weight is 222 g/mol. The molecule has 1 heterocycles. The van der Waals surface area contributed by atoms with Gasteiger partial charge in [-0.2, -0.15) is 0 Å². The van der Waals surface area contributed by atoms with Crippen LogP contribution in [0, 0.1) is 6.92 Å². The predicted octanol–water partition coefficient (Wildman–Crippen LogP) is 2.76. The molecule has 1 aliphatic rings. The predicted molar refractivity (Wildman–Crippen MR) is 57.0 cm³/mol. The Morgan fingerprint density at radius 1 is 1.44 bits per heavy atom. The highest BCUT2D eigenvalue weighted by molar-refractivity contribution is 5.99. The summed E-state index contributed by atoms with van der Waals surface area (Å²) < 4.78 is 5.47. The lowest BCUT2D eigenvalue weighted by Crippen LogP contribution is -2.05. The normalized spacial score (nSPS) is 16.6. The number of carbonyl (C=O) groups is 2. The molecule has 86 valence electrons. The fourth-order valence-electron chi connectivity index (χ4n) is 2.42. The molecule has 1 aromatic rings. The van der Waals surface area contributed by atoms with Crippen LogP contribution in [0.3, 0.4) is 0 Å². The van der Waals surface area contributed by atoms with E-state index in [1.54, 1.807) is 6.92 Å². The second-order valence-corrected chi connectivity index (χ2v) is 4.22. The van der Waals surface area contributed by atoms with Crippen molar-refractivity contribution in [2.75, 3.05) is 0 Å². The van der Waals surface area contributed by atoms with Gasteiger partial charge in [0.15, 0.2) is 6.29 Å². The zero-order chi connectivity index (χ0) is 11.7. The van der Waals surface area contributed by atoms with Crippen LogP contribution in [0.1, 0.15) is 63.8 Å². The van der Waals surface area contributed by atoms with Gasteiger partial charge in [0.25, 0.3) is 0 Å². The van der Waals surface area contributed by atoms with E-state index in [4.69, 9.17) is 9.52 Å². The van der Waals surface area contributed by atoms with Gasteiger partial charge in [-0.25, -0.2) is 4.79 Å². The molecule has 16 heavy (non-hydrogen) atoms. The van der Waals surface area contributed by atoms with E-state index in [2.05, 4.69) is 0 Å². The Bertz CT molecular complexity index is 424. The van der Waals surface area contributed by atoms with E-state index >= 15 is 0 Å². The average Bonchev–Trinajstić information content (AvgIpc) is 2.83. The number of carbonyl (C=O) groups excluding carboxylic acids is 1. The lowest BCUT2D eigenvalue weighted by molar-refractivity contribution is 0.0691. The van der Waals surface area contributed by atoms with Crippen LogP contribution in [-0.4, -0.2) is 17.4 Å². The molecule has 0 saturated heterocycles. The van der Waals surface area contributed by atoms with Crippen molar-refractivity contribution in [2.45, 2.75) is 38.5 Å². The van der Waals surface area contributed by atoms with Gasteiger partial charge in [0.2, 0.25) is 0 Å². The molecule has 4 heteroatoms. The summed E-state index contributed by atoms with van der Waals surface area (Å²) in [5.74, 6) is -0.00162. The topological polar surface area (TPSA) is 67.5 Å². The smallest absolute Gasteiger partial charge is 0.340 e. The summed E-state index contributed by atoms with van der Waals surface area (Å²) in [6.45, 7) is 1.63. The van der Waals surface area contributed by atoms with E-state index in [1.165, 1.54) is 0 Å². The molecule has 0 aromatic carbocycles. The second-order valence-electron chi connectivity index (χ2n) is 4.22. The van der Waals surface area contributed by atoms with E-state index in [9.17, 15) is 9.59 Å². The first-order chi connectivity index (χ1) is 7.65. The van der Waals surface area contributed by atoms with Crippen molar-refractivity contribution in [3.05, 3.63) is 22.6 Å². The molecule has 0 radical (unpaired) electrons. The summed E-state index contributed by atoms with van der Waals surface area (Å²) in [6, 6.07) is 0. The number of rotatable bonds is 3. The number of aldehydes is 1. The molecule has 2 rings (SSSR count). The largest absolute Gasteiger partial charge is 0.478 e. The molecule has 0 unspecified atom stereocenters. The third-order valence-electron chi connectivity index (χ3n) is 3.22. The van der Waals surface area contributed by atoms with E-state index in [0.29, 0.717) is 17.8 Å². The molecular weight excluding hydrogens is 208 g/mol. The number of hydrogen-bond donors (Lipinski definition) is 1. The minimum absolute atomic E-state index is 0.0689. The van der Waals surface area contributed by atoms with Gasteiger partial charge in [0.05, 0.1) is 5.56 Å². The molecule has 0 bridgehead atoms. The van der Waals surface area contributed by atoms with Gasteiger partial charge in [0.1, 0.15) is 17.1 Å². The Morgan fingerprint density at radius 2 is 2.06 bits per heavy atom. The Morgan fingerprint density at radius 3 is 2.56 bits per heavy atom. The fraction of sp³-hybridized carbons (Fsp3) is 0.500. The maximum Gasteiger partial charge on any atom is 0.340 e. The molecule has 0 atom stereocenters. The number of furan rings is 1. The molecule has 1 aromatic heterocycles. The first-order valence-electron chi connectivity index (χ1n) is 5.47. The van der Waals surface area contributed by atoms with Crippen molar-refractivity contribution in [2.24, 2.45) is 0 Å². The molecule has 1 fully saturated rings. The van der Waals surface area contributed by atoms with Gasteiger partial charge < -0.3 is 9.52 Å². The van der Waals surface area contributed by atoms with Gasteiger partial charge in [-0.3, -0.25) is 4.79 Å². The van der Waals surface area contributed by atoms with Gasteiger partial charge in [-0.15, -0.1) is 0 Å². The van der Waals surface area contributed by atoms with Crippen molar-refractivity contribution in [3.63, 3.8) is 0 Å². The summed E-state index contributed by atoms with van der Waals surface area (Å²) in [5.41, 5.74) is 0.258. The minimum atomic E-state index is -1.07. The summed E-state index contributed by atoms with van der Waals surface area (Å²) in [5, 5.41) is 9.13. The van der Waals surface area contributed by atoms with Crippen molar-refractivity contribution in [3.8, 4) is 0 Å².